The molecule has 1 N–H and O–H groups in total. The zero-order chi connectivity index (χ0) is 23.5. The second kappa shape index (κ2) is 9.44. The SMILES string of the molecule is CC(=O)C(Cc1ccc(-n2cccn2)cc1)CN(C(=O)C(F)(F)F)c1cc(O)ccc1Cl. The predicted octanol–water partition coefficient (Wildman–Crippen LogP) is 4.57. The summed E-state index contributed by atoms with van der Waals surface area (Å²) in [5, 5.41) is 13.7. The Morgan fingerprint density at radius 2 is 1.88 bits per heavy atom. The molecule has 0 aliphatic heterocycles. The highest BCUT2D eigenvalue weighted by Crippen LogP contribution is 2.33. The molecule has 32 heavy (non-hydrogen) atoms. The van der Waals surface area contributed by atoms with E-state index in [0.717, 1.165) is 11.8 Å². The van der Waals surface area contributed by atoms with Crippen molar-refractivity contribution in [3.63, 3.8) is 0 Å². The molecule has 1 aromatic heterocycles. The predicted molar refractivity (Wildman–Crippen MR) is 113 cm³/mol. The number of hydrogen-bond donors (Lipinski definition) is 1. The molecule has 0 aliphatic rings. The van der Waals surface area contributed by atoms with Crippen molar-refractivity contribution in [2.24, 2.45) is 5.92 Å². The molecular formula is C22H19ClF3N3O3. The van der Waals surface area contributed by atoms with Crippen LogP contribution in [-0.2, 0) is 16.0 Å². The lowest BCUT2D eigenvalue weighted by atomic mass is 9.94. The van der Waals surface area contributed by atoms with Gasteiger partial charge in [0, 0.05) is 30.9 Å². The van der Waals surface area contributed by atoms with Crippen LogP contribution < -0.4 is 4.90 Å². The highest BCUT2D eigenvalue weighted by molar-refractivity contribution is 6.34. The number of alkyl halides is 3. The van der Waals surface area contributed by atoms with Gasteiger partial charge >= 0.3 is 12.1 Å². The van der Waals surface area contributed by atoms with Gasteiger partial charge < -0.3 is 10.0 Å². The minimum atomic E-state index is -5.19. The highest BCUT2D eigenvalue weighted by atomic mass is 35.5. The van der Waals surface area contributed by atoms with Crippen molar-refractivity contribution >= 4 is 29.0 Å². The van der Waals surface area contributed by atoms with E-state index in [1.54, 1.807) is 47.4 Å². The van der Waals surface area contributed by atoms with Crippen LogP contribution in [-0.4, -0.2) is 39.3 Å². The van der Waals surface area contributed by atoms with Gasteiger partial charge in [-0.2, -0.15) is 18.3 Å². The van der Waals surface area contributed by atoms with Crippen molar-refractivity contribution in [1.29, 1.82) is 0 Å². The third kappa shape index (κ3) is 5.47. The van der Waals surface area contributed by atoms with Gasteiger partial charge in [0.1, 0.15) is 11.5 Å². The number of halogens is 4. The highest BCUT2D eigenvalue weighted by Gasteiger charge is 2.44. The maximum atomic E-state index is 13.3. The van der Waals surface area contributed by atoms with Crippen LogP contribution in [0.4, 0.5) is 18.9 Å². The number of phenols is 1. The molecule has 1 atom stereocenters. The molecule has 0 spiro atoms. The summed E-state index contributed by atoms with van der Waals surface area (Å²) in [5.41, 5.74) is 1.15. The van der Waals surface area contributed by atoms with Crippen LogP contribution in [0.2, 0.25) is 5.02 Å². The first-order chi connectivity index (χ1) is 15.1. The van der Waals surface area contributed by atoms with Crippen molar-refractivity contribution in [1.82, 2.24) is 9.78 Å². The summed E-state index contributed by atoms with van der Waals surface area (Å²) in [6.07, 6.45) is -1.71. The Kier molecular flexibility index (Phi) is 6.88. The normalized spacial score (nSPS) is 12.4. The van der Waals surface area contributed by atoms with Gasteiger partial charge in [0.15, 0.2) is 0 Å². The van der Waals surface area contributed by atoms with Crippen LogP contribution in [0.25, 0.3) is 5.69 Å². The number of amides is 1. The number of nitrogens with zero attached hydrogens (tertiary/aromatic N) is 3. The minimum absolute atomic E-state index is 0.104. The molecule has 3 aromatic rings. The number of anilines is 1. The fourth-order valence-electron chi connectivity index (χ4n) is 3.20. The minimum Gasteiger partial charge on any atom is -0.508 e. The summed E-state index contributed by atoms with van der Waals surface area (Å²) >= 11 is 6.01. The van der Waals surface area contributed by atoms with Gasteiger partial charge in [-0.05, 0) is 49.2 Å². The summed E-state index contributed by atoms with van der Waals surface area (Å²) in [6, 6.07) is 12.1. The van der Waals surface area contributed by atoms with Crippen LogP contribution in [0.5, 0.6) is 5.75 Å². The van der Waals surface area contributed by atoms with Crippen molar-refractivity contribution < 1.29 is 27.9 Å². The molecule has 168 valence electrons. The average molecular weight is 466 g/mol. The van der Waals surface area contributed by atoms with E-state index in [0.29, 0.717) is 10.5 Å². The standard InChI is InChI=1S/C22H19ClF3N3O3/c1-14(30)16(11-15-3-5-17(6-4-15)29-10-2-9-27-29)13-28(21(32)22(24,25)26)20-12-18(31)7-8-19(20)23/h2-10,12,16,31H,11,13H2,1H3. The lowest BCUT2D eigenvalue weighted by molar-refractivity contribution is -0.170. The second-order valence-electron chi connectivity index (χ2n) is 7.18. The zero-order valence-corrected chi connectivity index (χ0v) is 17.6. The topological polar surface area (TPSA) is 75.4 Å². The number of Topliss-reactive ketones (excluding diaryl/α,β-unsaturated/α-hetero) is 1. The Labute approximate surface area is 186 Å². The second-order valence-corrected chi connectivity index (χ2v) is 7.59. The molecule has 0 bridgehead atoms. The molecular weight excluding hydrogens is 447 g/mol. The third-order valence-corrected chi connectivity index (χ3v) is 5.19. The van der Waals surface area contributed by atoms with Crippen molar-refractivity contribution in [3.05, 3.63) is 71.5 Å². The Morgan fingerprint density at radius 1 is 1.19 bits per heavy atom. The molecule has 1 unspecified atom stereocenters. The third-order valence-electron chi connectivity index (χ3n) is 4.87. The monoisotopic (exact) mass is 465 g/mol. The summed E-state index contributed by atoms with van der Waals surface area (Å²) in [4.78, 5) is 24.8. The van der Waals surface area contributed by atoms with Gasteiger partial charge in [-0.25, -0.2) is 4.68 Å². The Morgan fingerprint density at radius 3 is 2.44 bits per heavy atom. The van der Waals surface area contributed by atoms with Gasteiger partial charge in [0.25, 0.3) is 0 Å². The number of hydrogen-bond acceptors (Lipinski definition) is 4. The van der Waals surface area contributed by atoms with E-state index in [4.69, 9.17) is 11.6 Å². The lowest BCUT2D eigenvalue weighted by Gasteiger charge is -2.28. The van der Waals surface area contributed by atoms with Crippen LogP contribution >= 0.6 is 11.6 Å². The van der Waals surface area contributed by atoms with Crippen molar-refractivity contribution in [3.8, 4) is 11.4 Å². The van der Waals surface area contributed by atoms with E-state index in [1.807, 2.05) is 0 Å². The molecule has 10 heteroatoms. The molecule has 0 saturated carbocycles. The number of rotatable bonds is 7. The van der Waals surface area contributed by atoms with Gasteiger partial charge in [0.05, 0.1) is 16.4 Å². The Bertz CT molecular complexity index is 1100. The van der Waals surface area contributed by atoms with Gasteiger partial charge in [-0.15, -0.1) is 0 Å². The molecule has 1 amide bonds. The van der Waals surface area contributed by atoms with E-state index in [9.17, 15) is 27.9 Å². The van der Waals surface area contributed by atoms with Crippen LogP contribution in [0.1, 0.15) is 12.5 Å². The molecule has 1 heterocycles. The quantitative estimate of drug-likeness (QED) is 0.554. The molecule has 2 aromatic carbocycles. The number of aromatic hydroxyl groups is 1. The van der Waals surface area contributed by atoms with E-state index in [-0.39, 0.29) is 22.9 Å². The summed E-state index contributed by atoms with van der Waals surface area (Å²) in [6.45, 7) is 0.695. The lowest BCUT2D eigenvalue weighted by Crippen LogP contribution is -2.45. The number of carbonyl (C=O) groups excluding carboxylic acids is 2. The molecule has 6 nitrogen and oxygen atoms in total. The largest absolute Gasteiger partial charge is 0.508 e. The maximum absolute atomic E-state index is 13.3. The van der Waals surface area contributed by atoms with Crippen molar-refractivity contribution in [2.45, 2.75) is 19.5 Å². The molecule has 0 saturated heterocycles. The van der Waals surface area contributed by atoms with E-state index in [1.165, 1.54) is 19.1 Å². The van der Waals surface area contributed by atoms with Crippen LogP contribution in [0, 0.1) is 5.92 Å². The molecule has 0 fully saturated rings. The Balaban J connectivity index is 1.88. The zero-order valence-electron chi connectivity index (χ0n) is 16.9. The fourth-order valence-corrected chi connectivity index (χ4v) is 3.42. The molecule has 3 rings (SSSR count). The Hall–Kier alpha value is -3.33. The van der Waals surface area contributed by atoms with E-state index in [2.05, 4.69) is 5.10 Å². The maximum Gasteiger partial charge on any atom is 0.471 e. The number of benzene rings is 2. The van der Waals surface area contributed by atoms with Crippen LogP contribution in [0.3, 0.4) is 0 Å². The van der Waals surface area contributed by atoms with Crippen LogP contribution in [0.15, 0.2) is 60.9 Å². The molecule has 0 radical (unpaired) electrons. The number of aromatic nitrogens is 2. The average Bonchev–Trinajstić information content (AvgIpc) is 3.27. The fraction of sp³-hybridized carbons (Fsp3) is 0.227. The summed E-state index contributed by atoms with van der Waals surface area (Å²) in [7, 11) is 0. The summed E-state index contributed by atoms with van der Waals surface area (Å²) in [5.74, 6) is -3.86. The first-order valence-electron chi connectivity index (χ1n) is 9.53. The van der Waals surface area contributed by atoms with Gasteiger partial charge in [-0.1, -0.05) is 23.7 Å². The van der Waals surface area contributed by atoms with Gasteiger partial charge in [0.2, 0.25) is 0 Å². The van der Waals surface area contributed by atoms with E-state index < -0.39 is 30.3 Å². The number of phenolic OH excluding ortho intramolecular Hbond substituents is 1. The van der Waals surface area contributed by atoms with Crippen molar-refractivity contribution in [2.75, 3.05) is 11.4 Å². The number of ketones is 1. The smallest absolute Gasteiger partial charge is 0.471 e. The molecule has 0 aliphatic carbocycles. The number of carbonyl (C=O) groups is 2. The van der Waals surface area contributed by atoms with Gasteiger partial charge in [-0.3, -0.25) is 9.59 Å². The summed E-state index contributed by atoms with van der Waals surface area (Å²) < 4.78 is 41.5. The van der Waals surface area contributed by atoms with E-state index >= 15 is 0 Å². The first-order valence-corrected chi connectivity index (χ1v) is 9.90. The first kappa shape index (κ1) is 23.3.